The van der Waals surface area contributed by atoms with E-state index in [0.717, 1.165) is 45.1 Å². The first-order valence-electron chi connectivity index (χ1n) is 9.30. The van der Waals surface area contributed by atoms with Crippen LogP contribution in [0.25, 0.3) is 0 Å². The molecule has 0 spiro atoms. The van der Waals surface area contributed by atoms with Gasteiger partial charge in [-0.2, -0.15) is 0 Å². The Morgan fingerprint density at radius 2 is 1.88 bits per heavy atom. The van der Waals surface area contributed by atoms with Gasteiger partial charge in [0, 0.05) is 31.8 Å². The number of aliphatic imine (C=N–C) groups is 1. The van der Waals surface area contributed by atoms with Gasteiger partial charge >= 0.3 is 0 Å². The van der Waals surface area contributed by atoms with Gasteiger partial charge < -0.3 is 20.3 Å². The Labute approximate surface area is 176 Å². The molecule has 1 aliphatic rings. The first-order chi connectivity index (χ1) is 12.0. The molecule has 6 heteroatoms. The topological polar surface area (TPSA) is 48.9 Å². The molecule has 1 aromatic carbocycles. The lowest BCUT2D eigenvalue weighted by atomic mass is 9.88. The van der Waals surface area contributed by atoms with Gasteiger partial charge in [-0.3, -0.25) is 0 Å². The molecule has 2 rings (SSSR count). The number of likely N-dealkylation sites (N-methyl/N-ethyl adjacent to an activating group) is 1. The highest BCUT2D eigenvalue weighted by Crippen LogP contribution is 2.25. The molecule has 148 valence electrons. The minimum absolute atomic E-state index is 0. The van der Waals surface area contributed by atoms with Crippen LogP contribution in [0.15, 0.2) is 23.2 Å². The van der Waals surface area contributed by atoms with Crippen molar-refractivity contribution in [1.82, 2.24) is 15.5 Å². The Kier molecular flexibility index (Phi) is 9.89. The summed E-state index contributed by atoms with van der Waals surface area (Å²) >= 11 is 0. The van der Waals surface area contributed by atoms with Crippen molar-refractivity contribution in [2.45, 2.75) is 45.7 Å². The van der Waals surface area contributed by atoms with Gasteiger partial charge in [0.15, 0.2) is 5.96 Å². The van der Waals surface area contributed by atoms with Crippen molar-refractivity contribution in [3.8, 4) is 0 Å². The van der Waals surface area contributed by atoms with E-state index in [-0.39, 0.29) is 29.5 Å². The van der Waals surface area contributed by atoms with Gasteiger partial charge in [-0.05, 0) is 58.8 Å². The van der Waals surface area contributed by atoms with E-state index in [1.807, 2.05) is 0 Å². The maximum Gasteiger partial charge on any atom is 0.191 e. The molecule has 26 heavy (non-hydrogen) atoms. The summed E-state index contributed by atoms with van der Waals surface area (Å²) in [5, 5.41) is 6.92. The van der Waals surface area contributed by atoms with Crippen LogP contribution in [0.5, 0.6) is 0 Å². The van der Waals surface area contributed by atoms with Crippen LogP contribution >= 0.6 is 24.0 Å². The van der Waals surface area contributed by atoms with E-state index in [2.05, 4.69) is 68.6 Å². The molecule has 0 saturated carbocycles. The molecular weight excluding hydrogens is 439 g/mol. The number of guanidine groups is 1. The number of nitrogens with zero attached hydrogens (tertiary/aromatic N) is 2. The first-order valence-corrected chi connectivity index (χ1v) is 9.30. The largest absolute Gasteiger partial charge is 0.381 e. The molecule has 0 aliphatic carbocycles. The Morgan fingerprint density at radius 3 is 2.46 bits per heavy atom. The van der Waals surface area contributed by atoms with Crippen molar-refractivity contribution < 1.29 is 4.74 Å². The molecule has 0 bridgehead atoms. The SMILES string of the molecule is CCNC(=NCc1ccc(C)cc1C)NCC1(N(C)C)CCOCC1.I. The van der Waals surface area contributed by atoms with Crippen molar-refractivity contribution >= 4 is 29.9 Å². The van der Waals surface area contributed by atoms with Crippen molar-refractivity contribution in [1.29, 1.82) is 0 Å². The highest BCUT2D eigenvalue weighted by Gasteiger charge is 2.34. The Balaban J connectivity index is 0.00000338. The Hall–Kier alpha value is -0.860. The normalized spacial score (nSPS) is 16.9. The van der Waals surface area contributed by atoms with E-state index >= 15 is 0 Å². The van der Waals surface area contributed by atoms with Crippen LogP contribution in [0.4, 0.5) is 0 Å². The maximum absolute atomic E-state index is 5.56. The molecule has 0 radical (unpaired) electrons. The minimum atomic E-state index is 0. The van der Waals surface area contributed by atoms with Crippen molar-refractivity contribution in [3.63, 3.8) is 0 Å². The lowest BCUT2D eigenvalue weighted by Gasteiger charge is -2.43. The third kappa shape index (κ3) is 6.39. The van der Waals surface area contributed by atoms with Crippen LogP contribution in [0.2, 0.25) is 0 Å². The Morgan fingerprint density at radius 1 is 1.19 bits per heavy atom. The molecule has 5 nitrogen and oxygen atoms in total. The van der Waals surface area contributed by atoms with Crippen molar-refractivity contribution in [3.05, 3.63) is 34.9 Å². The molecule has 0 aromatic heterocycles. The zero-order valence-electron chi connectivity index (χ0n) is 16.9. The molecule has 2 N–H and O–H groups in total. The summed E-state index contributed by atoms with van der Waals surface area (Å²) in [5.41, 5.74) is 4.00. The summed E-state index contributed by atoms with van der Waals surface area (Å²) in [5.74, 6) is 0.884. The van der Waals surface area contributed by atoms with E-state index < -0.39 is 0 Å². The fourth-order valence-electron chi connectivity index (χ4n) is 3.31. The van der Waals surface area contributed by atoms with Crippen LogP contribution in [0.1, 0.15) is 36.5 Å². The number of aryl methyl sites for hydroxylation is 2. The van der Waals surface area contributed by atoms with E-state index in [9.17, 15) is 0 Å². The predicted octanol–water partition coefficient (Wildman–Crippen LogP) is 3.09. The number of rotatable bonds is 6. The molecule has 1 fully saturated rings. The second-order valence-electron chi connectivity index (χ2n) is 7.21. The third-order valence-corrected chi connectivity index (χ3v) is 5.21. The van der Waals surface area contributed by atoms with Gasteiger partial charge in [-0.1, -0.05) is 23.8 Å². The number of nitrogens with one attached hydrogen (secondary N) is 2. The molecule has 1 saturated heterocycles. The second-order valence-corrected chi connectivity index (χ2v) is 7.21. The van der Waals surface area contributed by atoms with Gasteiger partial charge in [-0.15, -0.1) is 24.0 Å². The smallest absolute Gasteiger partial charge is 0.191 e. The van der Waals surface area contributed by atoms with E-state index in [4.69, 9.17) is 9.73 Å². The number of hydrogen-bond acceptors (Lipinski definition) is 3. The summed E-state index contributed by atoms with van der Waals surface area (Å²) in [4.78, 5) is 7.12. The van der Waals surface area contributed by atoms with Gasteiger partial charge in [0.25, 0.3) is 0 Å². The van der Waals surface area contributed by atoms with Gasteiger partial charge in [0.05, 0.1) is 6.54 Å². The van der Waals surface area contributed by atoms with Gasteiger partial charge in [-0.25, -0.2) is 4.99 Å². The number of hydrogen-bond donors (Lipinski definition) is 2. The van der Waals surface area contributed by atoms with E-state index in [1.165, 1.54) is 16.7 Å². The highest BCUT2D eigenvalue weighted by molar-refractivity contribution is 14.0. The standard InChI is InChI=1S/C20H34N4O.HI/c1-6-21-19(22-14-18-8-7-16(2)13-17(18)3)23-15-20(24(4)5)9-11-25-12-10-20;/h7-8,13H,6,9-12,14-15H2,1-5H3,(H2,21,22,23);1H. The molecule has 0 atom stereocenters. The molecule has 1 heterocycles. The van der Waals surface area contributed by atoms with Crippen LogP contribution in [0.3, 0.4) is 0 Å². The summed E-state index contributed by atoms with van der Waals surface area (Å²) < 4.78 is 5.56. The quantitative estimate of drug-likeness (QED) is 0.378. The summed E-state index contributed by atoms with van der Waals surface area (Å²) in [6.45, 7) is 10.5. The van der Waals surface area contributed by atoms with E-state index in [0.29, 0.717) is 6.54 Å². The fourth-order valence-corrected chi connectivity index (χ4v) is 3.31. The fraction of sp³-hybridized carbons (Fsp3) is 0.650. The van der Waals surface area contributed by atoms with Crippen molar-refractivity contribution in [2.75, 3.05) is 40.4 Å². The van der Waals surface area contributed by atoms with Gasteiger partial charge in [0.2, 0.25) is 0 Å². The summed E-state index contributed by atoms with van der Waals surface area (Å²) in [6, 6.07) is 6.55. The molecule has 0 amide bonds. The second kappa shape index (κ2) is 11.1. The number of halogens is 1. The monoisotopic (exact) mass is 474 g/mol. The average molecular weight is 474 g/mol. The van der Waals surface area contributed by atoms with Crippen LogP contribution in [-0.2, 0) is 11.3 Å². The maximum atomic E-state index is 5.56. The molecule has 1 aliphatic heterocycles. The number of benzene rings is 1. The van der Waals surface area contributed by atoms with E-state index in [1.54, 1.807) is 0 Å². The third-order valence-electron chi connectivity index (χ3n) is 5.21. The number of ether oxygens (including phenoxy) is 1. The zero-order valence-corrected chi connectivity index (χ0v) is 19.2. The van der Waals surface area contributed by atoms with Gasteiger partial charge in [0.1, 0.15) is 0 Å². The zero-order chi connectivity index (χ0) is 18.3. The van der Waals surface area contributed by atoms with Crippen LogP contribution in [-0.4, -0.2) is 56.8 Å². The minimum Gasteiger partial charge on any atom is -0.381 e. The first kappa shape index (κ1) is 23.2. The summed E-state index contributed by atoms with van der Waals surface area (Å²) in [7, 11) is 4.32. The predicted molar refractivity (Wildman–Crippen MR) is 121 cm³/mol. The average Bonchev–Trinajstić information content (AvgIpc) is 2.59. The summed E-state index contributed by atoms with van der Waals surface area (Å²) in [6.07, 6.45) is 2.09. The van der Waals surface area contributed by atoms with Crippen molar-refractivity contribution in [2.24, 2.45) is 4.99 Å². The lowest BCUT2D eigenvalue weighted by Crippen LogP contribution is -2.57. The van der Waals surface area contributed by atoms with Crippen LogP contribution < -0.4 is 10.6 Å². The molecule has 1 aromatic rings. The highest BCUT2D eigenvalue weighted by atomic mass is 127. The molecular formula is C20H35IN4O. The molecule has 0 unspecified atom stereocenters. The lowest BCUT2D eigenvalue weighted by molar-refractivity contribution is -0.00501. The Bertz CT molecular complexity index is 583. The van der Waals surface area contributed by atoms with Crippen LogP contribution in [0, 0.1) is 13.8 Å².